The van der Waals surface area contributed by atoms with Crippen LogP contribution in [0, 0.1) is 17.9 Å². The molecule has 5 heteroatoms. The Hall–Kier alpha value is -2.77. The number of hydrogen-bond acceptors (Lipinski definition) is 3. The van der Waals surface area contributed by atoms with E-state index in [9.17, 15) is 9.90 Å². The predicted octanol–water partition coefficient (Wildman–Crippen LogP) is 11.7. The van der Waals surface area contributed by atoms with E-state index >= 15 is 0 Å². The molecule has 235 valence electrons. The normalized spacial score (nSPS) is 12.5. The molecule has 0 bridgehead atoms. The van der Waals surface area contributed by atoms with Gasteiger partial charge in [0, 0.05) is 55.0 Å². The van der Waals surface area contributed by atoms with Crippen molar-refractivity contribution in [2.75, 3.05) is 0 Å². The van der Waals surface area contributed by atoms with Crippen LogP contribution in [0.5, 0.6) is 0 Å². The molecule has 0 saturated carbocycles. The van der Waals surface area contributed by atoms with E-state index in [1.165, 1.54) is 43.4 Å². The molecule has 0 fully saturated rings. The van der Waals surface area contributed by atoms with Crippen molar-refractivity contribution in [1.82, 2.24) is 4.98 Å². The van der Waals surface area contributed by atoms with Gasteiger partial charge in [-0.1, -0.05) is 102 Å². The van der Waals surface area contributed by atoms with Crippen molar-refractivity contribution < 1.29 is 30.0 Å². The number of benzene rings is 3. The number of ketones is 1. The van der Waals surface area contributed by atoms with Crippen molar-refractivity contribution in [2.45, 2.75) is 79.6 Å². The number of hydrogen-bond donors (Lipinski definition) is 1. The average molecular weight is 785 g/mol. The molecule has 2 aromatic heterocycles. The molecule has 1 N–H and O–H groups in total. The maximum atomic E-state index is 11.7. The summed E-state index contributed by atoms with van der Waals surface area (Å²) < 4.78 is 0. The number of aliphatic hydroxyl groups excluding tert-OH is 1. The van der Waals surface area contributed by atoms with Crippen LogP contribution in [0.15, 0.2) is 78.7 Å². The fourth-order valence-corrected chi connectivity index (χ4v) is 8.24. The molecular weight excluding hydrogens is 738 g/mol. The van der Waals surface area contributed by atoms with Gasteiger partial charge in [-0.3, -0.25) is 9.78 Å². The van der Waals surface area contributed by atoms with Gasteiger partial charge in [-0.15, -0.1) is 36.7 Å². The summed E-state index contributed by atoms with van der Waals surface area (Å²) >= 11 is 0. The summed E-state index contributed by atoms with van der Waals surface area (Å²) in [4.78, 5) is 16.6. The second-order valence-corrected chi connectivity index (χ2v) is 14.6. The van der Waals surface area contributed by atoms with E-state index in [-0.39, 0.29) is 48.9 Å². The van der Waals surface area contributed by atoms with Crippen molar-refractivity contribution in [3.05, 3.63) is 90.3 Å². The number of allylic oxidation sites excluding steroid dienone is 2. The third kappa shape index (κ3) is 7.53. The molecule has 0 aliphatic heterocycles. The summed E-state index contributed by atoms with van der Waals surface area (Å²) in [6.07, 6.45) is 6.86. The number of aryl methyl sites for hydroxylation is 1. The molecule has 44 heavy (non-hydrogen) atoms. The van der Waals surface area contributed by atoms with Crippen LogP contribution in [0.2, 0.25) is 0 Å². The minimum Gasteiger partial charge on any atom is -0.512 e. The number of rotatable bonds is 8. The minimum absolute atomic E-state index is 0. The monoisotopic (exact) mass is 785 g/mol. The molecule has 1 atom stereocenters. The first-order valence-corrected chi connectivity index (χ1v) is 17.6. The Bertz CT molecular complexity index is 1750. The van der Waals surface area contributed by atoms with Crippen LogP contribution in [0.25, 0.3) is 43.0 Å². The molecule has 5 aromatic rings. The van der Waals surface area contributed by atoms with Gasteiger partial charge in [0.05, 0.1) is 5.76 Å². The van der Waals surface area contributed by atoms with Crippen molar-refractivity contribution in [1.29, 1.82) is 0 Å². The van der Waals surface area contributed by atoms with Crippen LogP contribution < -0.4 is 0 Å². The summed E-state index contributed by atoms with van der Waals surface area (Å²) in [5.41, 5.74) is 3.62. The summed E-state index contributed by atoms with van der Waals surface area (Å²) in [6, 6.07) is 25.6. The smallest absolute Gasteiger partial charge is 0.162 e. The minimum atomic E-state index is -0.405. The van der Waals surface area contributed by atoms with Gasteiger partial charge < -0.3 is 5.11 Å². The summed E-state index contributed by atoms with van der Waals surface area (Å²) in [5.74, 6) is 0.547. The molecule has 3 aromatic carbocycles. The van der Waals surface area contributed by atoms with E-state index in [0.717, 1.165) is 36.9 Å². The number of carbonyl (C=O) groups is 1. The van der Waals surface area contributed by atoms with Gasteiger partial charge in [0.25, 0.3) is 0 Å². The molecule has 3 nitrogen and oxygen atoms in total. The molecule has 2 heterocycles. The largest absolute Gasteiger partial charge is 0.512 e. The zero-order valence-electron chi connectivity index (χ0n) is 27.5. The maximum Gasteiger partial charge on any atom is 0.162 e. The molecule has 0 spiro atoms. The van der Waals surface area contributed by atoms with Gasteiger partial charge in [0.1, 0.15) is 0 Å². The summed E-state index contributed by atoms with van der Waals surface area (Å²) in [6.45, 7) is 17.3. The van der Waals surface area contributed by atoms with Gasteiger partial charge >= 0.3 is 0 Å². The van der Waals surface area contributed by atoms with E-state index in [2.05, 4.69) is 94.2 Å². The van der Waals surface area contributed by atoms with E-state index in [1.54, 1.807) is 0 Å². The van der Waals surface area contributed by atoms with Gasteiger partial charge in [-0.2, -0.15) is 0 Å². The van der Waals surface area contributed by atoms with Crippen LogP contribution in [0.3, 0.4) is 0 Å². The molecule has 0 saturated heterocycles. The van der Waals surface area contributed by atoms with Crippen LogP contribution >= 0.6 is 7.53 Å². The molecule has 0 amide bonds. The summed E-state index contributed by atoms with van der Waals surface area (Å²) in [7, 11) is -0.405. The van der Waals surface area contributed by atoms with Gasteiger partial charge in [0.15, 0.2) is 5.78 Å². The van der Waals surface area contributed by atoms with Gasteiger partial charge in [-0.05, 0) is 59.7 Å². The first-order chi connectivity index (χ1) is 20.5. The number of aliphatic hydroxyl groups is 1. The second kappa shape index (κ2) is 15.5. The van der Waals surface area contributed by atoms with Crippen LogP contribution in [-0.2, 0) is 37.0 Å². The van der Waals surface area contributed by atoms with Crippen molar-refractivity contribution >= 4 is 45.1 Å². The summed E-state index contributed by atoms with van der Waals surface area (Å²) in [5, 5.41) is 17.8. The molecule has 0 aliphatic carbocycles. The Labute approximate surface area is 278 Å². The van der Waals surface area contributed by atoms with Crippen LogP contribution in [0.1, 0.15) is 79.7 Å². The van der Waals surface area contributed by atoms with Gasteiger partial charge in [-0.25, -0.2) is 0 Å². The second-order valence-electron chi connectivity index (χ2n) is 12.5. The Balaban J connectivity index is 0.000000286. The van der Waals surface area contributed by atoms with Crippen LogP contribution in [-0.4, -0.2) is 15.9 Å². The van der Waals surface area contributed by atoms with Crippen molar-refractivity contribution in [3.8, 4) is 11.3 Å². The van der Waals surface area contributed by atoms with Crippen LogP contribution in [0.4, 0.5) is 0 Å². The SMILES string of the molecule is CCC(CC)C(=O)/C=C(\O)C(CC)CC.Cp1c2ccccc2c2ccnc(-c3[c-]c4ccccc4c(C(C)(C)C)c3)c21.[Ir]. The molecule has 5 rings (SSSR count). The average Bonchev–Trinajstić information content (AvgIpc) is 3.29. The Morgan fingerprint density at radius 1 is 0.886 bits per heavy atom. The topological polar surface area (TPSA) is 50.2 Å². The number of carbonyl (C=O) groups excluding carboxylic acids is 1. The number of nitrogens with zero attached hydrogens (tertiary/aromatic N) is 1. The van der Waals surface area contributed by atoms with E-state index < -0.39 is 7.53 Å². The Kier molecular flexibility index (Phi) is 12.6. The zero-order valence-corrected chi connectivity index (χ0v) is 30.8. The fourth-order valence-electron chi connectivity index (χ4n) is 6.08. The maximum absolute atomic E-state index is 11.7. The Morgan fingerprint density at radius 3 is 2.09 bits per heavy atom. The number of pyridine rings is 1. The standard InChI is InChI=1S/C26H23NP.C13H24O2.Ir/c1-26(2,3)22-16-18(15-17-9-5-6-10-19(17)22)24-25-21(13-14-27-24)20-11-7-8-12-23(20)28(25)4;1-5-10(6-2)12(14)9-13(15)11(7-3)8-4;/h5-14,16H,1-4H3;9-11,14H,5-8H2,1-4H3;/q-1;;/b;12-9-;. The van der Waals surface area contributed by atoms with E-state index in [4.69, 9.17) is 4.98 Å². The third-order valence-electron chi connectivity index (χ3n) is 8.74. The first-order valence-electron chi connectivity index (χ1n) is 15.8. The fraction of sp³-hybridized carbons (Fsp3) is 0.385. The van der Waals surface area contributed by atoms with E-state index in [1.807, 2.05) is 33.9 Å². The molecular formula is C39H47IrNO2P-. The number of aromatic nitrogens is 1. The molecule has 1 unspecified atom stereocenters. The zero-order chi connectivity index (χ0) is 31.3. The third-order valence-corrected chi connectivity index (χ3v) is 11.0. The Morgan fingerprint density at radius 2 is 1.48 bits per heavy atom. The molecule has 1 radical (unpaired) electrons. The quantitative estimate of drug-likeness (QED) is 0.0968. The number of fused-ring (bicyclic) bond motifs is 4. The van der Waals surface area contributed by atoms with E-state index in [0.29, 0.717) is 0 Å². The molecule has 0 aliphatic rings. The predicted molar refractivity (Wildman–Crippen MR) is 187 cm³/mol. The first kappa shape index (κ1) is 35.7. The van der Waals surface area contributed by atoms with Crippen molar-refractivity contribution in [3.63, 3.8) is 0 Å². The van der Waals surface area contributed by atoms with Crippen molar-refractivity contribution in [2.24, 2.45) is 18.5 Å². The van der Waals surface area contributed by atoms with Gasteiger partial charge in [0.2, 0.25) is 0 Å².